The van der Waals surface area contributed by atoms with Gasteiger partial charge in [0.05, 0.1) is 0 Å². The van der Waals surface area contributed by atoms with Crippen LogP contribution in [0.15, 0.2) is 4.34 Å². The van der Waals surface area contributed by atoms with Crippen LogP contribution in [0.2, 0.25) is 0 Å². The Balaban J connectivity index is 3.06. The Labute approximate surface area is 135 Å². The summed E-state index contributed by atoms with van der Waals surface area (Å²) in [6, 6.07) is 0. The molecule has 24 heavy (non-hydrogen) atoms. The summed E-state index contributed by atoms with van der Waals surface area (Å²) in [7, 11) is 0. The fourth-order valence-electron chi connectivity index (χ4n) is 1.14. The molecule has 0 radical (unpaired) electrons. The summed E-state index contributed by atoms with van der Waals surface area (Å²) in [5.41, 5.74) is 0. The molecule has 0 aromatic carbocycles. The molecule has 1 aromatic rings. The largest absolute Gasteiger partial charge is 0.460 e. The van der Waals surface area contributed by atoms with E-state index in [-0.39, 0.29) is 4.34 Å². The number of anilines is 1. The van der Waals surface area contributed by atoms with Crippen LogP contribution in [0.25, 0.3) is 0 Å². The van der Waals surface area contributed by atoms with Crippen molar-refractivity contribution in [1.82, 2.24) is 10.2 Å². The molecule has 0 fully saturated rings. The Morgan fingerprint density at radius 2 is 1.58 bits per heavy atom. The number of hydrogen-bond acceptors (Lipinski definition) is 5. The second kappa shape index (κ2) is 6.57. The zero-order chi connectivity index (χ0) is 19.0. The number of halogens is 9. The van der Waals surface area contributed by atoms with E-state index in [1.807, 2.05) is 0 Å². The van der Waals surface area contributed by atoms with Crippen molar-refractivity contribution in [3.63, 3.8) is 0 Å². The Bertz CT molecular complexity index is 601. The summed E-state index contributed by atoms with van der Waals surface area (Å²) in [4.78, 5) is 11.1. The van der Waals surface area contributed by atoms with Gasteiger partial charge in [0.2, 0.25) is 5.13 Å². The highest BCUT2D eigenvalue weighted by molar-refractivity contribution is 8.01. The lowest BCUT2D eigenvalue weighted by Crippen LogP contribution is -2.64. The summed E-state index contributed by atoms with van der Waals surface area (Å²) in [5, 5.41) is 6.75. The summed E-state index contributed by atoms with van der Waals surface area (Å²) in [5.74, 6) is -23.1. The molecule has 15 heteroatoms. The van der Waals surface area contributed by atoms with Crippen LogP contribution in [0.4, 0.5) is 44.6 Å². The van der Waals surface area contributed by atoms with Crippen LogP contribution in [-0.2, 0) is 4.79 Å². The molecule has 0 unspecified atom stereocenters. The highest BCUT2D eigenvalue weighted by Gasteiger charge is 2.83. The molecular weight excluding hydrogens is 401 g/mol. The molecule has 1 amide bonds. The Hall–Kier alpha value is -1.25. The number of nitrogens with one attached hydrogen (secondary N) is 1. The Morgan fingerprint density at radius 3 is 2.04 bits per heavy atom. The maximum atomic E-state index is 13.3. The smallest absolute Gasteiger partial charge is 0.295 e. The number of rotatable bonds is 6. The first-order valence-electron chi connectivity index (χ1n) is 5.66. The standard InChI is InChI=1S/C9H6F9N3OS2/c1-2-23-5-21-20-4(24-5)19-3(22)6(10,11)7(12,13)8(14,15)9(16,17)18/h2H2,1H3,(H,19,20,22). The number of thioether (sulfide) groups is 1. The first-order chi connectivity index (χ1) is 10.7. The Kier molecular flexibility index (Phi) is 5.69. The topological polar surface area (TPSA) is 54.9 Å². The lowest BCUT2D eigenvalue weighted by atomic mass is 10.0. The van der Waals surface area contributed by atoms with Crippen molar-refractivity contribution in [2.24, 2.45) is 0 Å². The normalized spacial score (nSPS) is 13.9. The fraction of sp³-hybridized carbons (Fsp3) is 0.667. The maximum absolute atomic E-state index is 13.3. The van der Waals surface area contributed by atoms with Gasteiger partial charge in [0, 0.05) is 0 Å². The van der Waals surface area contributed by atoms with Gasteiger partial charge in [0.1, 0.15) is 0 Å². The minimum atomic E-state index is -7.13. The van der Waals surface area contributed by atoms with Crippen LogP contribution >= 0.6 is 23.1 Å². The zero-order valence-electron chi connectivity index (χ0n) is 11.2. The molecule has 1 heterocycles. The molecule has 0 spiro atoms. The summed E-state index contributed by atoms with van der Waals surface area (Å²) >= 11 is 1.48. The Morgan fingerprint density at radius 1 is 1.04 bits per heavy atom. The van der Waals surface area contributed by atoms with E-state index < -0.39 is 35.0 Å². The van der Waals surface area contributed by atoms with E-state index in [1.54, 1.807) is 6.92 Å². The first kappa shape index (κ1) is 20.8. The third kappa shape index (κ3) is 3.55. The number of nitrogens with zero attached hydrogens (tertiary/aromatic N) is 2. The van der Waals surface area contributed by atoms with Gasteiger partial charge >= 0.3 is 29.9 Å². The second-order valence-corrected chi connectivity index (χ2v) is 6.47. The number of aromatic nitrogens is 2. The number of carbonyl (C=O) groups is 1. The number of hydrogen-bond donors (Lipinski definition) is 1. The predicted octanol–water partition coefficient (Wildman–Crippen LogP) is 4.06. The molecule has 0 atom stereocenters. The third-order valence-electron chi connectivity index (χ3n) is 2.32. The number of carbonyl (C=O) groups excluding carboxylic acids is 1. The zero-order valence-corrected chi connectivity index (χ0v) is 12.9. The van der Waals surface area contributed by atoms with Crippen LogP contribution in [0.3, 0.4) is 0 Å². The second-order valence-electron chi connectivity index (χ2n) is 3.98. The van der Waals surface area contributed by atoms with E-state index in [2.05, 4.69) is 10.2 Å². The average molecular weight is 407 g/mol. The van der Waals surface area contributed by atoms with Crippen molar-refractivity contribution in [2.75, 3.05) is 11.1 Å². The van der Waals surface area contributed by atoms with Crippen LogP contribution in [0, 0.1) is 0 Å². The highest BCUT2D eigenvalue weighted by atomic mass is 32.2. The van der Waals surface area contributed by atoms with Crippen LogP contribution < -0.4 is 5.32 Å². The van der Waals surface area contributed by atoms with Crippen LogP contribution in [0.1, 0.15) is 6.92 Å². The molecule has 0 aliphatic rings. The van der Waals surface area contributed by atoms with E-state index in [0.29, 0.717) is 17.1 Å². The van der Waals surface area contributed by atoms with Gasteiger partial charge < -0.3 is 0 Å². The van der Waals surface area contributed by atoms with Crippen molar-refractivity contribution < 1.29 is 44.3 Å². The molecular formula is C9H6F9N3OS2. The van der Waals surface area contributed by atoms with Gasteiger partial charge in [0.15, 0.2) is 4.34 Å². The lowest BCUT2D eigenvalue weighted by molar-refractivity contribution is -0.388. The van der Waals surface area contributed by atoms with Crippen LogP contribution in [0.5, 0.6) is 0 Å². The van der Waals surface area contributed by atoms with Gasteiger partial charge in [-0.3, -0.25) is 10.1 Å². The van der Waals surface area contributed by atoms with Crippen molar-refractivity contribution >= 4 is 34.1 Å². The van der Waals surface area contributed by atoms with Gasteiger partial charge in [-0.1, -0.05) is 30.0 Å². The van der Waals surface area contributed by atoms with E-state index >= 15 is 0 Å². The third-order valence-corrected chi connectivity index (χ3v) is 4.18. The number of alkyl halides is 9. The number of amides is 1. The SMILES string of the molecule is CCSc1nnc(NC(=O)C(F)(F)C(F)(F)C(F)(F)C(F)(F)F)s1. The molecule has 0 aliphatic heterocycles. The molecule has 1 N–H and O–H groups in total. The summed E-state index contributed by atoms with van der Waals surface area (Å²) in [6.07, 6.45) is -6.99. The summed E-state index contributed by atoms with van der Waals surface area (Å²) in [6.45, 7) is 1.66. The van der Waals surface area contributed by atoms with Crippen molar-refractivity contribution in [2.45, 2.75) is 35.2 Å². The monoisotopic (exact) mass is 407 g/mol. The molecule has 4 nitrogen and oxygen atoms in total. The van der Waals surface area contributed by atoms with Crippen LogP contribution in [-0.4, -0.2) is 45.8 Å². The first-order valence-corrected chi connectivity index (χ1v) is 7.46. The molecule has 0 saturated heterocycles. The van der Waals surface area contributed by atoms with Gasteiger partial charge in [-0.25, -0.2) is 0 Å². The van der Waals surface area contributed by atoms with E-state index in [1.165, 1.54) is 0 Å². The minimum absolute atomic E-state index is 0.128. The van der Waals surface area contributed by atoms with Gasteiger partial charge in [-0.05, 0) is 5.75 Å². The molecule has 0 bridgehead atoms. The summed E-state index contributed by atoms with van der Waals surface area (Å²) < 4.78 is 114. The van der Waals surface area contributed by atoms with E-state index in [9.17, 15) is 44.3 Å². The van der Waals surface area contributed by atoms with Gasteiger partial charge in [-0.2, -0.15) is 39.5 Å². The molecule has 138 valence electrons. The average Bonchev–Trinajstić information content (AvgIpc) is 2.84. The van der Waals surface area contributed by atoms with Gasteiger partial charge in [-0.15, -0.1) is 10.2 Å². The van der Waals surface area contributed by atoms with E-state index in [0.717, 1.165) is 17.1 Å². The molecule has 0 aliphatic carbocycles. The highest BCUT2D eigenvalue weighted by Crippen LogP contribution is 2.53. The molecule has 0 saturated carbocycles. The van der Waals surface area contributed by atoms with Gasteiger partial charge in [0.25, 0.3) is 0 Å². The quantitative estimate of drug-likeness (QED) is 0.439. The lowest BCUT2D eigenvalue weighted by Gasteiger charge is -2.32. The minimum Gasteiger partial charge on any atom is -0.295 e. The van der Waals surface area contributed by atoms with Crippen molar-refractivity contribution in [1.29, 1.82) is 0 Å². The molecule has 1 rings (SSSR count). The fourth-order valence-corrected chi connectivity index (χ4v) is 2.78. The molecule has 1 aromatic heterocycles. The van der Waals surface area contributed by atoms with Crippen molar-refractivity contribution in [3.8, 4) is 0 Å². The van der Waals surface area contributed by atoms with Crippen molar-refractivity contribution in [3.05, 3.63) is 0 Å². The van der Waals surface area contributed by atoms with E-state index in [4.69, 9.17) is 0 Å². The maximum Gasteiger partial charge on any atom is 0.460 e. The predicted molar refractivity (Wildman–Crippen MR) is 65.8 cm³/mol.